The van der Waals surface area contributed by atoms with E-state index in [1.807, 2.05) is 60.2 Å². The molecule has 2 aliphatic rings. The van der Waals surface area contributed by atoms with Gasteiger partial charge in [-0.2, -0.15) is 0 Å². The minimum absolute atomic E-state index is 0.0734. The molecule has 0 spiro atoms. The monoisotopic (exact) mass is 451 g/mol. The average Bonchev–Trinajstić information content (AvgIpc) is 3.51. The van der Waals surface area contributed by atoms with Crippen molar-refractivity contribution in [1.29, 1.82) is 0 Å². The molecule has 3 aromatic rings. The molecule has 32 heavy (non-hydrogen) atoms. The standard InChI is InChI=1S/C25H29N3O3S/c1-3-31-21-11-7-4-8-18(21)15-28-22(29)20-14-17-12-13-32-23(17)27(20)16-25(28,2)24(30)26-19-9-5-6-10-19/h4,7-8,11-14,19H,3,5-6,9-10,15-16H2,1-2H3,(H,26,30)/t25-/m1/s1. The van der Waals surface area contributed by atoms with Gasteiger partial charge >= 0.3 is 0 Å². The zero-order valence-electron chi connectivity index (χ0n) is 18.6. The highest BCUT2D eigenvalue weighted by atomic mass is 32.1. The number of nitrogens with zero attached hydrogens (tertiary/aromatic N) is 2. The summed E-state index contributed by atoms with van der Waals surface area (Å²) in [6.45, 7) is 5.15. The fourth-order valence-corrected chi connectivity index (χ4v) is 5.91. The number of thiophene rings is 1. The molecule has 1 fully saturated rings. The zero-order chi connectivity index (χ0) is 22.3. The van der Waals surface area contributed by atoms with Crippen molar-refractivity contribution in [1.82, 2.24) is 14.8 Å². The summed E-state index contributed by atoms with van der Waals surface area (Å²) >= 11 is 1.61. The van der Waals surface area contributed by atoms with E-state index in [4.69, 9.17) is 4.74 Å². The molecule has 1 saturated carbocycles. The van der Waals surface area contributed by atoms with Crippen molar-refractivity contribution in [3.05, 3.63) is 53.0 Å². The summed E-state index contributed by atoms with van der Waals surface area (Å²) < 4.78 is 7.84. The van der Waals surface area contributed by atoms with Crippen LogP contribution in [0.25, 0.3) is 10.2 Å². The maximum Gasteiger partial charge on any atom is 0.271 e. The van der Waals surface area contributed by atoms with E-state index in [-0.39, 0.29) is 17.9 Å². The van der Waals surface area contributed by atoms with Crippen LogP contribution in [-0.2, 0) is 17.9 Å². The molecule has 0 bridgehead atoms. The Labute approximate surface area is 192 Å². The molecular formula is C25H29N3O3S. The quantitative estimate of drug-likeness (QED) is 0.597. The van der Waals surface area contributed by atoms with Gasteiger partial charge in [0, 0.05) is 17.0 Å². The van der Waals surface area contributed by atoms with Gasteiger partial charge in [-0.25, -0.2) is 0 Å². The van der Waals surface area contributed by atoms with Crippen LogP contribution in [0.15, 0.2) is 41.8 Å². The van der Waals surface area contributed by atoms with Crippen LogP contribution in [-0.4, -0.2) is 39.5 Å². The second-order valence-electron chi connectivity index (χ2n) is 8.96. The molecule has 7 heteroatoms. The molecule has 1 atom stereocenters. The number of fused-ring (bicyclic) bond motifs is 3. The number of nitrogens with one attached hydrogen (secondary N) is 1. The van der Waals surface area contributed by atoms with Gasteiger partial charge in [0.15, 0.2) is 0 Å². The van der Waals surface area contributed by atoms with Crippen LogP contribution in [0.5, 0.6) is 5.75 Å². The molecule has 168 valence electrons. The lowest BCUT2D eigenvalue weighted by Gasteiger charge is -2.44. The number of hydrogen-bond acceptors (Lipinski definition) is 4. The van der Waals surface area contributed by atoms with E-state index in [9.17, 15) is 9.59 Å². The van der Waals surface area contributed by atoms with E-state index in [0.717, 1.165) is 47.2 Å². The first-order valence-electron chi connectivity index (χ1n) is 11.4. The molecule has 5 rings (SSSR count). The van der Waals surface area contributed by atoms with Crippen LogP contribution in [0, 0.1) is 0 Å². The first-order valence-corrected chi connectivity index (χ1v) is 12.3. The number of rotatable bonds is 6. The van der Waals surface area contributed by atoms with Crippen LogP contribution in [0.2, 0.25) is 0 Å². The Morgan fingerprint density at radius 3 is 2.81 bits per heavy atom. The maximum atomic E-state index is 13.8. The topological polar surface area (TPSA) is 63.6 Å². The van der Waals surface area contributed by atoms with Crippen molar-refractivity contribution in [2.45, 2.75) is 64.2 Å². The number of para-hydroxylation sites is 1. The highest BCUT2D eigenvalue weighted by Gasteiger charge is 2.48. The third-order valence-corrected chi connectivity index (χ3v) is 7.76. The fourth-order valence-electron chi connectivity index (χ4n) is 5.02. The summed E-state index contributed by atoms with van der Waals surface area (Å²) in [5, 5.41) is 6.34. The molecule has 2 amide bonds. The van der Waals surface area contributed by atoms with Crippen molar-refractivity contribution in [2.75, 3.05) is 6.61 Å². The lowest BCUT2D eigenvalue weighted by Crippen LogP contribution is -2.64. The Balaban J connectivity index is 1.55. The third kappa shape index (κ3) is 3.48. The molecule has 3 heterocycles. The number of carbonyl (C=O) groups is 2. The Morgan fingerprint density at radius 1 is 1.25 bits per heavy atom. The smallest absolute Gasteiger partial charge is 0.271 e. The molecule has 1 N–H and O–H groups in total. The number of hydrogen-bond donors (Lipinski definition) is 1. The fraction of sp³-hybridized carbons (Fsp3) is 0.440. The lowest BCUT2D eigenvalue weighted by molar-refractivity contribution is -0.133. The van der Waals surface area contributed by atoms with E-state index < -0.39 is 5.54 Å². The van der Waals surface area contributed by atoms with Crippen LogP contribution in [0.1, 0.15) is 55.6 Å². The summed E-state index contributed by atoms with van der Waals surface area (Å²) in [5.74, 6) is 0.564. The Morgan fingerprint density at radius 2 is 2.03 bits per heavy atom. The Kier molecular flexibility index (Phi) is 5.45. The third-order valence-electron chi connectivity index (χ3n) is 6.81. The van der Waals surface area contributed by atoms with E-state index in [1.165, 1.54) is 0 Å². The van der Waals surface area contributed by atoms with Gasteiger partial charge in [0.05, 0.1) is 19.7 Å². The first-order chi connectivity index (χ1) is 15.5. The van der Waals surface area contributed by atoms with Crippen LogP contribution < -0.4 is 10.1 Å². The summed E-state index contributed by atoms with van der Waals surface area (Å²) in [7, 11) is 0. The molecule has 0 saturated heterocycles. The summed E-state index contributed by atoms with van der Waals surface area (Å²) in [6, 6.07) is 11.9. The molecular weight excluding hydrogens is 422 g/mol. The predicted molar refractivity (Wildman–Crippen MR) is 126 cm³/mol. The zero-order valence-corrected chi connectivity index (χ0v) is 19.4. The second kappa shape index (κ2) is 8.28. The number of ether oxygens (including phenoxy) is 1. The van der Waals surface area contributed by atoms with Gasteiger partial charge in [-0.3, -0.25) is 9.59 Å². The van der Waals surface area contributed by atoms with Gasteiger partial charge < -0.3 is 19.5 Å². The van der Waals surface area contributed by atoms with E-state index >= 15 is 0 Å². The van der Waals surface area contributed by atoms with Crippen LogP contribution in [0.3, 0.4) is 0 Å². The minimum Gasteiger partial charge on any atom is -0.494 e. The van der Waals surface area contributed by atoms with Crippen LogP contribution >= 0.6 is 11.3 Å². The van der Waals surface area contributed by atoms with Crippen molar-refractivity contribution in [3.8, 4) is 5.75 Å². The Hall–Kier alpha value is -2.80. The van der Waals surface area contributed by atoms with Gasteiger partial charge in [0.1, 0.15) is 21.8 Å². The summed E-state index contributed by atoms with van der Waals surface area (Å²) in [6.07, 6.45) is 4.30. The van der Waals surface area contributed by atoms with E-state index in [1.54, 1.807) is 16.2 Å². The number of amides is 2. The lowest BCUT2D eigenvalue weighted by atomic mass is 9.93. The van der Waals surface area contributed by atoms with Gasteiger partial charge in [-0.15, -0.1) is 11.3 Å². The average molecular weight is 452 g/mol. The number of benzene rings is 1. The molecule has 0 unspecified atom stereocenters. The van der Waals surface area contributed by atoms with Gasteiger partial charge in [0.2, 0.25) is 5.91 Å². The molecule has 0 radical (unpaired) electrons. The van der Waals surface area contributed by atoms with E-state index in [0.29, 0.717) is 25.4 Å². The SMILES string of the molecule is CCOc1ccccc1CN1C(=O)c2cc3ccsc3n2C[C@]1(C)C(=O)NC1CCCC1. The highest BCUT2D eigenvalue weighted by Crippen LogP contribution is 2.36. The van der Waals surface area contributed by atoms with Crippen molar-refractivity contribution >= 4 is 33.4 Å². The van der Waals surface area contributed by atoms with E-state index in [2.05, 4.69) is 5.32 Å². The minimum atomic E-state index is -0.998. The van der Waals surface area contributed by atoms with Gasteiger partial charge in [-0.05, 0) is 50.3 Å². The largest absolute Gasteiger partial charge is 0.494 e. The summed E-state index contributed by atoms with van der Waals surface area (Å²) in [5.41, 5.74) is 0.554. The van der Waals surface area contributed by atoms with Gasteiger partial charge in [-0.1, -0.05) is 31.0 Å². The molecule has 1 aromatic carbocycles. The van der Waals surface area contributed by atoms with Crippen molar-refractivity contribution in [2.24, 2.45) is 0 Å². The van der Waals surface area contributed by atoms with Crippen molar-refractivity contribution < 1.29 is 14.3 Å². The predicted octanol–water partition coefficient (Wildman–Crippen LogP) is 4.58. The first kappa shape index (κ1) is 21.1. The normalized spacial score (nSPS) is 21.2. The molecule has 6 nitrogen and oxygen atoms in total. The molecule has 1 aliphatic carbocycles. The Bertz CT molecular complexity index is 1160. The summed E-state index contributed by atoms with van der Waals surface area (Å²) in [4.78, 5) is 30.3. The van der Waals surface area contributed by atoms with Crippen molar-refractivity contribution in [3.63, 3.8) is 0 Å². The number of aromatic nitrogens is 1. The van der Waals surface area contributed by atoms with Gasteiger partial charge in [0.25, 0.3) is 5.91 Å². The van der Waals surface area contributed by atoms with Crippen LogP contribution in [0.4, 0.5) is 0 Å². The maximum absolute atomic E-state index is 13.8. The second-order valence-corrected chi connectivity index (χ2v) is 9.85. The highest BCUT2D eigenvalue weighted by molar-refractivity contribution is 7.16. The molecule has 2 aromatic heterocycles. The number of carbonyl (C=O) groups excluding carboxylic acids is 2. The molecule has 1 aliphatic heterocycles.